The van der Waals surface area contributed by atoms with Crippen LogP contribution in [-0.4, -0.2) is 12.1 Å². The van der Waals surface area contributed by atoms with Crippen LogP contribution in [0.5, 0.6) is 0 Å². The van der Waals surface area contributed by atoms with Crippen molar-refractivity contribution < 1.29 is 4.79 Å². The zero-order valence-electron chi connectivity index (χ0n) is 11.0. The molecule has 4 N–H and O–H groups in total. The number of halogens is 1. The van der Waals surface area contributed by atoms with E-state index in [1.807, 2.05) is 30.3 Å². The lowest BCUT2D eigenvalue weighted by Gasteiger charge is -2.05. The van der Waals surface area contributed by atoms with Crippen LogP contribution in [0.1, 0.15) is 16.7 Å². The lowest BCUT2D eigenvalue weighted by atomic mass is 10.0. The summed E-state index contributed by atoms with van der Waals surface area (Å²) in [5.41, 5.74) is 10.2. The van der Waals surface area contributed by atoms with Gasteiger partial charge in [0.05, 0.1) is 0 Å². The SMILES string of the molecule is N=Cc1c(N)cc(/C=C2\C(=O)Nc3ccccc32)cc1Br. The molecule has 4 nitrogen and oxygen atoms in total. The predicted molar refractivity (Wildman–Crippen MR) is 89.4 cm³/mol. The summed E-state index contributed by atoms with van der Waals surface area (Å²) in [6.07, 6.45) is 3.00. The van der Waals surface area contributed by atoms with Crippen LogP contribution in [0.4, 0.5) is 11.4 Å². The van der Waals surface area contributed by atoms with Crippen molar-refractivity contribution in [3.8, 4) is 0 Å². The van der Waals surface area contributed by atoms with Crippen LogP contribution >= 0.6 is 15.9 Å². The summed E-state index contributed by atoms with van der Waals surface area (Å²) in [7, 11) is 0. The third-order valence-corrected chi connectivity index (χ3v) is 4.01. The Bertz CT molecular complexity index is 773. The molecule has 104 valence electrons. The van der Waals surface area contributed by atoms with Crippen LogP contribution in [-0.2, 0) is 4.79 Å². The van der Waals surface area contributed by atoms with Gasteiger partial charge in [-0.05, 0) is 29.8 Å². The summed E-state index contributed by atoms with van der Waals surface area (Å²) in [5.74, 6) is -0.123. The number of nitrogens with one attached hydrogen (secondary N) is 2. The maximum Gasteiger partial charge on any atom is 0.256 e. The van der Waals surface area contributed by atoms with Gasteiger partial charge >= 0.3 is 0 Å². The van der Waals surface area contributed by atoms with Gasteiger partial charge in [0, 0.05) is 38.8 Å². The third-order valence-electron chi connectivity index (χ3n) is 3.35. The molecule has 1 amide bonds. The Balaban J connectivity index is 2.11. The molecule has 1 aliphatic heterocycles. The average Bonchev–Trinajstić information content (AvgIpc) is 2.75. The van der Waals surface area contributed by atoms with E-state index in [1.165, 1.54) is 6.21 Å². The van der Waals surface area contributed by atoms with Gasteiger partial charge in [-0.15, -0.1) is 0 Å². The largest absolute Gasteiger partial charge is 0.398 e. The van der Waals surface area contributed by atoms with E-state index in [-0.39, 0.29) is 5.91 Å². The molecular formula is C16H12BrN3O. The first-order valence-corrected chi connectivity index (χ1v) is 7.11. The van der Waals surface area contributed by atoms with Gasteiger partial charge in [-0.2, -0.15) is 0 Å². The highest BCUT2D eigenvalue weighted by Gasteiger charge is 2.23. The number of benzene rings is 2. The number of nitrogens with two attached hydrogens (primary N) is 1. The highest BCUT2D eigenvalue weighted by atomic mass is 79.9. The molecule has 2 aromatic rings. The first-order valence-electron chi connectivity index (χ1n) is 6.32. The van der Waals surface area contributed by atoms with Crippen molar-refractivity contribution in [3.05, 3.63) is 57.6 Å². The second-order valence-electron chi connectivity index (χ2n) is 4.71. The number of rotatable bonds is 2. The standard InChI is InChI=1S/C16H12BrN3O/c17-13-6-9(7-14(19)12(13)8-18)5-11-10-3-1-2-4-15(10)20-16(11)21/h1-8,18H,19H2,(H,20,21)/b11-5-,18-8?. The van der Waals surface area contributed by atoms with E-state index in [2.05, 4.69) is 21.2 Å². The molecule has 21 heavy (non-hydrogen) atoms. The third kappa shape index (κ3) is 2.36. The zero-order valence-corrected chi connectivity index (χ0v) is 12.6. The number of carbonyl (C=O) groups is 1. The van der Waals surface area contributed by atoms with Crippen LogP contribution in [0, 0.1) is 5.41 Å². The summed E-state index contributed by atoms with van der Waals surface area (Å²) >= 11 is 3.39. The second kappa shape index (κ2) is 5.18. The summed E-state index contributed by atoms with van der Waals surface area (Å²) in [6.45, 7) is 0. The summed E-state index contributed by atoms with van der Waals surface area (Å²) < 4.78 is 0.732. The molecule has 1 heterocycles. The van der Waals surface area contributed by atoms with Gasteiger partial charge in [0.15, 0.2) is 0 Å². The van der Waals surface area contributed by atoms with Crippen molar-refractivity contribution in [1.29, 1.82) is 5.41 Å². The lowest BCUT2D eigenvalue weighted by Crippen LogP contribution is -2.03. The molecule has 0 aromatic heterocycles. The molecule has 2 aromatic carbocycles. The molecule has 0 saturated carbocycles. The molecule has 0 bridgehead atoms. The number of carbonyl (C=O) groups excluding carboxylic acids is 1. The summed E-state index contributed by atoms with van der Waals surface area (Å²) in [6, 6.07) is 11.2. The molecular weight excluding hydrogens is 330 g/mol. The minimum atomic E-state index is -0.123. The van der Waals surface area contributed by atoms with Gasteiger partial charge in [0.1, 0.15) is 0 Å². The lowest BCUT2D eigenvalue weighted by molar-refractivity contribution is -0.110. The van der Waals surface area contributed by atoms with Crippen molar-refractivity contribution in [2.24, 2.45) is 0 Å². The molecule has 0 fully saturated rings. The van der Waals surface area contributed by atoms with Crippen molar-refractivity contribution >= 4 is 51.1 Å². The Kier molecular flexibility index (Phi) is 3.35. The van der Waals surface area contributed by atoms with Gasteiger partial charge in [-0.1, -0.05) is 34.1 Å². The van der Waals surface area contributed by atoms with E-state index in [9.17, 15) is 4.79 Å². The zero-order chi connectivity index (χ0) is 15.0. The van der Waals surface area contributed by atoms with Crippen LogP contribution in [0.15, 0.2) is 40.9 Å². The number of hydrogen-bond acceptors (Lipinski definition) is 3. The Morgan fingerprint density at radius 1 is 1.24 bits per heavy atom. The Morgan fingerprint density at radius 3 is 2.71 bits per heavy atom. The first kappa shape index (κ1) is 13.6. The topological polar surface area (TPSA) is 79.0 Å². The van der Waals surface area contributed by atoms with E-state index in [4.69, 9.17) is 11.1 Å². The summed E-state index contributed by atoms with van der Waals surface area (Å²) in [5, 5.41) is 10.2. The Labute approximate surface area is 130 Å². The molecule has 1 aliphatic rings. The van der Waals surface area contributed by atoms with E-state index < -0.39 is 0 Å². The van der Waals surface area contributed by atoms with E-state index >= 15 is 0 Å². The van der Waals surface area contributed by atoms with Crippen molar-refractivity contribution in [3.63, 3.8) is 0 Å². The molecule has 0 spiro atoms. The number of nitrogen functional groups attached to an aromatic ring is 1. The molecule has 0 aliphatic carbocycles. The van der Waals surface area contributed by atoms with Crippen molar-refractivity contribution in [2.75, 3.05) is 11.1 Å². The molecule has 0 atom stereocenters. The minimum absolute atomic E-state index is 0.123. The molecule has 5 heteroatoms. The maximum atomic E-state index is 12.1. The van der Waals surface area contributed by atoms with E-state index in [0.29, 0.717) is 16.8 Å². The minimum Gasteiger partial charge on any atom is -0.398 e. The highest BCUT2D eigenvalue weighted by Crippen LogP contribution is 2.33. The fourth-order valence-electron chi connectivity index (χ4n) is 2.35. The molecule has 0 saturated heterocycles. The number of anilines is 2. The fraction of sp³-hybridized carbons (Fsp3) is 0. The van der Waals surface area contributed by atoms with Gasteiger partial charge in [0.2, 0.25) is 0 Å². The summed E-state index contributed by atoms with van der Waals surface area (Å²) in [4.78, 5) is 12.1. The van der Waals surface area contributed by atoms with Crippen LogP contribution in [0.25, 0.3) is 11.6 Å². The van der Waals surface area contributed by atoms with Crippen molar-refractivity contribution in [2.45, 2.75) is 0 Å². The quantitative estimate of drug-likeness (QED) is 0.444. The molecule has 0 unspecified atom stereocenters. The van der Waals surface area contributed by atoms with Crippen LogP contribution in [0.3, 0.4) is 0 Å². The fourth-order valence-corrected chi connectivity index (χ4v) is 2.95. The number of para-hydroxylation sites is 1. The average molecular weight is 342 g/mol. The number of fused-ring (bicyclic) bond motifs is 1. The predicted octanol–water partition coefficient (Wildman–Crippen LogP) is 3.52. The van der Waals surface area contributed by atoms with Gasteiger partial charge < -0.3 is 16.5 Å². The normalized spacial score (nSPS) is 14.9. The second-order valence-corrected chi connectivity index (χ2v) is 5.56. The van der Waals surface area contributed by atoms with Gasteiger partial charge in [-0.3, -0.25) is 4.79 Å². The van der Waals surface area contributed by atoms with Crippen LogP contribution in [0.2, 0.25) is 0 Å². The van der Waals surface area contributed by atoms with E-state index in [0.717, 1.165) is 21.3 Å². The highest BCUT2D eigenvalue weighted by molar-refractivity contribution is 9.10. The van der Waals surface area contributed by atoms with Crippen molar-refractivity contribution in [1.82, 2.24) is 0 Å². The number of amides is 1. The van der Waals surface area contributed by atoms with Gasteiger partial charge in [0.25, 0.3) is 5.91 Å². The Morgan fingerprint density at radius 2 is 2.00 bits per heavy atom. The smallest absolute Gasteiger partial charge is 0.256 e. The monoisotopic (exact) mass is 341 g/mol. The van der Waals surface area contributed by atoms with E-state index in [1.54, 1.807) is 12.1 Å². The maximum absolute atomic E-state index is 12.1. The number of hydrogen-bond donors (Lipinski definition) is 3. The first-order chi connectivity index (χ1) is 10.1. The molecule has 3 rings (SSSR count). The van der Waals surface area contributed by atoms with Gasteiger partial charge in [-0.25, -0.2) is 0 Å². The molecule has 0 radical (unpaired) electrons. The Hall–Kier alpha value is -2.40. The van der Waals surface area contributed by atoms with Crippen LogP contribution < -0.4 is 11.1 Å².